The molecular formula is C8H15F2N3O2S. The molecule has 0 saturated carbocycles. The van der Waals surface area contributed by atoms with E-state index >= 15 is 0 Å². The zero-order valence-corrected chi connectivity index (χ0v) is 9.64. The molecule has 0 fully saturated rings. The fraction of sp³-hybridized carbons (Fsp3) is 0.750. The Balaban J connectivity index is 3.91. The highest BCUT2D eigenvalue weighted by Crippen LogP contribution is 2.29. The van der Waals surface area contributed by atoms with E-state index < -0.39 is 23.8 Å². The van der Waals surface area contributed by atoms with Crippen molar-refractivity contribution >= 4 is 23.6 Å². The van der Waals surface area contributed by atoms with Crippen molar-refractivity contribution < 1.29 is 18.7 Å². The van der Waals surface area contributed by atoms with E-state index in [4.69, 9.17) is 16.6 Å². The second-order valence-corrected chi connectivity index (χ2v) is 4.47. The topological polar surface area (TPSA) is 102 Å². The van der Waals surface area contributed by atoms with Crippen LogP contribution in [0.3, 0.4) is 0 Å². The number of carboxylic acids is 1. The largest absolute Gasteiger partial charge is 0.480 e. The molecule has 8 heteroatoms. The van der Waals surface area contributed by atoms with Gasteiger partial charge in [-0.25, -0.2) is 0 Å². The summed E-state index contributed by atoms with van der Waals surface area (Å²) in [6.45, 7) is 0.712. The molecule has 0 aromatic heterocycles. The van der Waals surface area contributed by atoms with E-state index in [9.17, 15) is 13.6 Å². The highest BCUT2D eigenvalue weighted by atomic mass is 32.2. The summed E-state index contributed by atoms with van der Waals surface area (Å²) in [6, 6.07) is -1.11. The first-order valence-corrected chi connectivity index (χ1v) is 5.50. The number of nitrogens with zero attached hydrogens (tertiary/aromatic N) is 1. The van der Waals surface area contributed by atoms with Gasteiger partial charge < -0.3 is 16.6 Å². The first kappa shape index (κ1) is 15.1. The molecule has 0 aliphatic heterocycles. The van der Waals surface area contributed by atoms with E-state index in [0.29, 0.717) is 11.8 Å². The zero-order valence-electron chi connectivity index (χ0n) is 8.82. The van der Waals surface area contributed by atoms with Gasteiger partial charge in [-0.05, 0) is 13.3 Å². The summed E-state index contributed by atoms with van der Waals surface area (Å²) in [5.41, 5.74) is 10.3. The molecule has 1 atom stereocenters. The molecule has 0 aromatic rings. The Morgan fingerprint density at radius 3 is 2.62 bits per heavy atom. The molecule has 5 N–H and O–H groups in total. The first-order valence-electron chi connectivity index (χ1n) is 4.51. The molecule has 0 heterocycles. The zero-order chi connectivity index (χ0) is 12.8. The molecule has 0 aromatic carbocycles. The van der Waals surface area contributed by atoms with E-state index in [1.807, 2.05) is 0 Å². The van der Waals surface area contributed by atoms with E-state index in [2.05, 4.69) is 4.99 Å². The van der Waals surface area contributed by atoms with Crippen molar-refractivity contribution in [2.24, 2.45) is 16.5 Å². The van der Waals surface area contributed by atoms with Crippen LogP contribution in [0.15, 0.2) is 4.99 Å². The number of alkyl halides is 2. The summed E-state index contributed by atoms with van der Waals surface area (Å²) in [5, 5.41) is 5.38. The molecular weight excluding hydrogens is 240 g/mol. The Morgan fingerprint density at radius 1 is 1.62 bits per heavy atom. The Kier molecular flexibility index (Phi) is 6.27. The third-order valence-electron chi connectivity index (χ3n) is 1.57. The Bertz CT molecular complexity index is 270. The minimum absolute atomic E-state index is 0.0130. The monoisotopic (exact) mass is 255 g/mol. The van der Waals surface area contributed by atoms with Crippen LogP contribution >= 0.6 is 11.8 Å². The Morgan fingerprint density at radius 2 is 2.19 bits per heavy atom. The molecule has 0 radical (unpaired) electrons. The summed E-state index contributed by atoms with van der Waals surface area (Å²) >= 11 is 0.327. The maximum Gasteiger partial charge on any atom is 0.320 e. The van der Waals surface area contributed by atoms with Gasteiger partial charge in [-0.15, -0.1) is 0 Å². The van der Waals surface area contributed by atoms with E-state index in [1.165, 1.54) is 6.92 Å². The molecule has 0 bridgehead atoms. The smallest absolute Gasteiger partial charge is 0.320 e. The van der Waals surface area contributed by atoms with Crippen molar-refractivity contribution in [3.63, 3.8) is 0 Å². The number of amidine groups is 1. The first-order chi connectivity index (χ1) is 7.24. The molecule has 0 rings (SSSR count). The van der Waals surface area contributed by atoms with Crippen molar-refractivity contribution in [1.82, 2.24) is 0 Å². The molecule has 16 heavy (non-hydrogen) atoms. The third-order valence-corrected chi connectivity index (χ3v) is 2.56. The summed E-state index contributed by atoms with van der Waals surface area (Å²) in [7, 11) is 0. The summed E-state index contributed by atoms with van der Waals surface area (Å²) in [4.78, 5) is 13.7. The highest BCUT2D eigenvalue weighted by molar-refractivity contribution is 8.00. The van der Waals surface area contributed by atoms with Crippen LogP contribution < -0.4 is 11.5 Å². The fourth-order valence-electron chi connectivity index (χ4n) is 0.721. The summed E-state index contributed by atoms with van der Waals surface area (Å²) < 4.78 is 26.1. The number of aliphatic imine (C=N–C) groups is 1. The number of nitrogens with two attached hydrogens (primary N) is 2. The van der Waals surface area contributed by atoms with E-state index in [1.54, 1.807) is 0 Å². The van der Waals surface area contributed by atoms with Gasteiger partial charge in [-0.1, -0.05) is 11.8 Å². The Labute approximate surface area is 96.3 Å². The molecule has 0 amide bonds. The average molecular weight is 255 g/mol. The van der Waals surface area contributed by atoms with Gasteiger partial charge in [-0.3, -0.25) is 9.79 Å². The van der Waals surface area contributed by atoms with Crippen LogP contribution in [0, 0.1) is 0 Å². The molecule has 0 aliphatic rings. The van der Waals surface area contributed by atoms with Crippen LogP contribution in [0.5, 0.6) is 0 Å². The molecule has 0 spiro atoms. The van der Waals surface area contributed by atoms with Gasteiger partial charge in [0.15, 0.2) is 0 Å². The number of halogens is 2. The predicted octanol–water partition coefficient (Wildman–Crippen LogP) is 0.491. The van der Waals surface area contributed by atoms with Gasteiger partial charge in [0.2, 0.25) is 0 Å². The van der Waals surface area contributed by atoms with Crippen molar-refractivity contribution in [3.8, 4) is 0 Å². The second-order valence-electron chi connectivity index (χ2n) is 3.18. The fourth-order valence-corrected chi connectivity index (χ4v) is 1.55. The normalized spacial score (nSPS) is 14.9. The van der Waals surface area contributed by atoms with Crippen LogP contribution in [0.2, 0.25) is 0 Å². The van der Waals surface area contributed by atoms with Gasteiger partial charge in [-0.2, -0.15) is 8.78 Å². The number of aliphatic carboxylic acids is 1. The number of carbonyl (C=O) groups is 1. The number of hydrogen-bond donors (Lipinski definition) is 3. The van der Waals surface area contributed by atoms with Crippen molar-refractivity contribution in [3.05, 3.63) is 0 Å². The maximum atomic E-state index is 13.0. The van der Waals surface area contributed by atoms with Gasteiger partial charge in [0.1, 0.15) is 12.6 Å². The standard InChI is InChI=1S/C8H15F2N3O2S/c1-5(11)13-4-8(9,10)16-3-2-6(12)7(14)15/h6H,2-4,12H2,1H3,(H2,11,13)(H,14,15). The lowest BCUT2D eigenvalue weighted by Gasteiger charge is -2.14. The Hall–Kier alpha value is -0.890. The maximum absolute atomic E-state index is 13.0. The highest BCUT2D eigenvalue weighted by Gasteiger charge is 2.29. The number of thioether (sulfide) groups is 1. The van der Waals surface area contributed by atoms with Gasteiger partial charge in [0.25, 0.3) is 0 Å². The van der Waals surface area contributed by atoms with E-state index in [-0.39, 0.29) is 18.0 Å². The van der Waals surface area contributed by atoms with Crippen LogP contribution in [0.25, 0.3) is 0 Å². The number of rotatable bonds is 7. The minimum atomic E-state index is -3.04. The van der Waals surface area contributed by atoms with Crippen LogP contribution in [0.1, 0.15) is 13.3 Å². The van der Waals surface area contributed by atoms with Crippen LogP contribution in [0.4, 0.5) is 8.78 Å². The average Bonchev–Trinajstić information content (AvgIpc) is 2.14. The number of hydrogen-bond acceptors (Lipinski definition) is 4. The van der Waals surface area contributed by atoms with E-state index in [0.717, 1.165) is 0 Å². The summed E-state index contributed by atoms with van der Waals surface area (Å²) in [6.07, 6.45) is -0.0130. The summed E-state index contributed by atoms with van der Waals surface area (Å²) in [5.74, 6) is -1.15. The number of carboxylic acid groups (broad SMARTS) is 1. The molecule has 94 valence electrons. The van der Waals surface area contributed by atoms with Crippen molar-refractivity contribution in [2.45, 2.75) is 24.6 Å². The SMILES string of the molecule is CC(N)=NCC(F)(F)SCCC(N)C(=O)O. The van der Waals surface area contributed by atoms with Gasteiger partial charge >= 0.3 is 11.2 Å². The predicted molar refractivity (Wildman–Crippen MR) is 59.8 cm³/mol. The minimum Gasteiger partial charge on any atom is -0.480 e. The quantitative estimate of drug-likeness (QED) is 0.454. The molecule has 0 saturated heterocycles. The molecule has 0 aliphatic carbocycles. The van der Waals surface area contributed by atoms with Gasteiger partial charge in [0, 0.05) is 5.75 Å². The molecule has 5 nitrogen and oxygen atoms in total. The van der Waals surface area contributed by atoms with Crippen LogP contribution in [-0.2, 0) is 4.79 Å². The van der Waals surface area contributed by atoms with Gasteiger partial charge in [0.05, 0.1) is 5.84 Å². The van der Waals surface area contributed by atoms with Crippen molar-refractivity contribution in [2.75, 3.05) is 12.3 Å². The second kappa shape index (κ2) is 6.64. The lowest BCUT2D eigenvalue weighted by Crippen LogP contribution is -2.31. The van der Waals surface area contributed by atoms with Crippen molar-refractivity contribution in [1.29, 1.82) is 0 Å². The molecule has 1 unspecified atom stereocenters. The van der Waals surface area contributed by atoms with Crippen LogP contribution in [-0.4, -0.2) is 40.5 Å². The third kappa shape index (κ3) is 7.41. The lowest BCUT2D eigenvalue weighted by molar-refractivity contribution is -0.138. The lowest BCUT2D eigenvalue weighted by atomic mass is 10.2.